The summed E-state index contributed by atoms with van der Waals surface area (Å²) in [7, 11) is 0. The van der Waals surface area contributed by atoms with Crippen molar-refractivity contribution in [3.63, 3.8) is 0 Å². The molecule has 0 spiro atoms. The van der Waals surface area contributed by atoms with Crippen molar-refractivity contribution < 1.29 is 14.6 Å². The molecule has 0 aromatic heterocycles. The maximum atomic E-state index is 11.8. The van der Waals surface area contributed by atoms with Gasteiger partial charge in [-0.1, -0.05) is 49.4 Å². The number of amides is 1. The Bertz CT molecular complexity index is 782. The first kappa shape index (κ1) is 18.1. The molecule has 1 amide bonds. The van der Waals surface area contributed by atoms with Crippen LogP contribution in [0.15, 0.2) is 54.6 Å². The van der Waals surface area contributed by atoms with Gasteiger partial charge in [0.05, 0.1) is 5.60 Å². The second kappa shape index (κ2) is 7.35. The van der Waals surface area contributed by atoms with Crippen LogP contribution in [0.2, 0.25) is 0 Å². The number of likely N-dealkylation sites (tertiary alicyclic amines) is 1. The molecule has 3 aliphatic rings. The molecular weight excluding hydrogens is 338 g/mol. The van der Waals surface area contributed by atoms with Crippen LogP contribution in [-0.2, 0) is 16.0 Å². The van der Waals surface area contributed by atoms with Crippen molar-refractivity contribution in [1.29, 1.82) is 0 Å². The van der Waals surface area contributed by atoms with Gasteiger partial charge in [-0.05, 0) is 30.6 Å². The number of hydrogen-bond acceptors (Lipinski definition) is 3. The van der Waals surface area contributed by atoms with Crippen LogP contribution >= 0.6 is 0 Å². The number of carbonyl (C=O) groups is 1. The normalized spacial score (nSPS) is 25.7. The van der Waals surface area contributed by atoms with Gasteiger partial charge in [0.1, 0.15) is 11.9 Å². The predicted octanol–water partition coefficient (Wildman–Crippen LogP) is 3.47. The first-order chi connectivity index (χ1) is 13.1. The number of allylic oxidation sites excluding steroid dienone is 2. The summed E-state index contributed by atoms with van der Waals surface area (Å²) in [5.74, 6) is 1.43. The van der Waals surface area contributed by atoms with Crippen molar-refractivity contribution in [2.75, 3.05) is 13.1 Å². The van der Waals surface area contributed by atoms with Crippen molar-refractivity contribution >= 4 is 11.7 Å². The van der Waals surface area contributed by atoms with E-state index in [1.807, 2.05) is 17.9 Å². The molecule has 0 bridgehead atoms. The summed E-state index contributed by atoms with van der Waals surface area (Å²) in [4.78, 5) is 13.7. The van der Waals surface area contributed by atoms with Crippen LogP contribution in [0.3, 0.4) is 0 Å². The van der Waals surface area contributed by atoms with E-state index in [0.29, 0.717) is 44.7 Å². The number of piperidine rings is 1. The van der Waals surface area contributed by atoms with Gasteiger partial charge in [0.15, 0.2) is 0 Å². The lowest BCUT2D eigenvalue weighted by atomic mass is 9.85. The average Bonchev–Trinajstić information content (AvgIpc) is 3.12. The number of ether oxygens (including phenoxy) is 1. The van der Waals surface area contributed by atoms with E-state index in [1.54, 1.807) is 0 Å². The Hall–Kier alpha value is -2.33. The molecule has 142 valence electrons. The SMILES string of the molecule is CCC(=O)N1CCC(O)(Cc2ccc(C3=CC4C=CC=CC4O3)cc2)CC1. The van der Waals surface area contributed by atoms with Crippen LogP contribution in [-0.4, -0.2) is 40.7 Å². The maximum Gasteiger partial charge on any atom is 0.222 e. The fourth-order valence-corrected chi connectivity index (χ4v) is 4.14. The minimum atomic E-state index is -0.723. The van der Waals surface area contributed by atoms with Gasteiger partial charge in [-0.15, -0.1) is 0 Å². The summed E-state index contributed by atoms with van der Waals surface area (Å²) in [6, 6.07) is 8.31. The second-order valence-corrected chi connectivity index (χ2v) is 7.79. The summed E-state index contributed by atoms with van der Waals surface area (Å²) in [5.41, 5.74) is 1.47. The van der Waals surface area contributed by atoms with E-state index < -0.39 is 5.60 Å². The van der Waals surface area contributed by atoms with Crippen LogP contribution in [0.4, 0.5) is 0 Å². The van der Waals surface area contributed by atoms with Gasteiger partial charge in [-0.25, -0.2) is 0 Å². The fraction of sp³-hybridized carbons (Fsp3) is 0.435. The first-order valence-corrected chi connectivity index (χ1v) is 9.89. The zero-order valence-electron chi connectivity index (χ0n) is 15.8. The number of benzene rings is 1. The Morgan fingerprint density at radius 2 is 1.89 bits per heavy atom. The highest BCUT2D eigenvalue weighted by atomic mass is 16.5. The molecule has 1 fully saturated rings. The van der Waals surface area contributed by atoms with E-state index in [4.69, 9.17) is 4.74 Å². The summed E-state index contributed by atoms with van der Waals surface area (Å²) < 4.78 is 6.04. The lowest BCUT2D eigenvalue weighted by molar-refractivity contribution is -0.135. The molecule has 2 unspecified atom stereocenters. The Morgan fingerprint density at radius 1 is 1.19 bits per heavy atom. The third-order valence-electron chi connectivity index (χ3n) is 5.85. The summed E-state index contributed by atoms with van der Waals surface area (Å²) in [6.07, 6.45) is 13.1. The lowest BCUT2D eigenvalue weighted by Crippen LogP contribution is -2.47. The van der Waals surface area contributed by atoms with E-state index >= 15 is 0 Å². The molecule has 1 aromatic rings. The topological polar surface area (TPSA) is 49.8 Å². The maximum absolute atomic E-state index is 11.8. The highest BCUT2D eigenvalue weighted by Gasteiger charge is 2.33. The van der Waals surface area contributed by atoms with Crippen molar-refractivity contribution in [3.8, 4) is 0 Å². The van der Waals surface area contributed by atoms with E-state index in [0.717, 1.165) is 16.9 Å². The molecule has 4 heteroatoms. The number of carbonyl (C=O) groups excluding carboxylic acids is 1. The monoisotopic (exact) mass is 365 g/mol. The molecule has 2 heterocycles. The summed E-state index contributed by atoms with van der Waals surface area (Å²) in [6.45, 7) is 3.17. The minimum absolute atomic E-state index is 0.112. The average molecular weight is 365 g/mol. The largest absolute Gasteiger partial charge is 0.485 e. The van der Waals surface area contributed by atoms with E-state index in [2.05, 4.69) is 48.6 Å². The molecule has 2 atom stereocenters. The van der Waals surface area contributed by atoms with Crippen LogP contribution in [0, 0.1) is 5.92 Å². The highest BCUT2D eigenvalue weighted by Crippen LogP contribution is 2.34. The molecule has 4 rings (SSSR count). The van der Waals surface area contributed by atoms with E-state index in [-0.39, 0.29) is 12.0 Å². The van der Waals surface area contributed by atoms with E-state index in [1.165, 1.54) is 0 Å². The quantitative estimate of drug-likeness (QED) is 0.889. The molecule has 1 saturated heterocycles. The molecule has 1 N–H and O–H groups in total. The second-order valence-electron chi connectivity index (χ2n) is 7.79. The van der Waals surface area contributed by atoms with Crippen molar-refractivity contribution in [2.45, 2.75) is 44.3 Å². The zero-order chi connectivity index (χ0) is 18.9. The molecule has 4 nitrogen and oxygen atoms in total. The molecule has 1 aliphatic carbocycles. The third-order valence-corrected chi connectivity index (χ3v) is 5.85. The third kappa shape index (κ3) is 3.86. The number of aliphatic hydroxyl groups is 1. The van der Waals surface area contributed by atoms with Gasteiger partial charge in [0.25, 0.3) is 0 Å². The standard InChI is InChI=1S/C23H27NO3/c1-2-22(25)24-13-11-23(26,12-14-24)16-17-7-9-18(10-8-17)21-15-19-5-3-4-6-20(19)27-21/h3-10,15,19-20,26H,2,11-14,16H2,1H3. The molecule has 0 saturated carbocycles. The van der Waals surface area contributed by atoms with E-state index in [9.17, 15) is 9.90 Å². The molecule has 27 heavy (non-hydrogen) atoms. The lowest BCUT2D eigenvalue weighted by Gasteiger charge is -2.38. The smallest absolute Gasteiger partial charge is 0.222 e. The zero-order valence-corrected chi connectivity index (χ0v) is 15.8. The Labute approximate surface area is 160 Å². The Balaban J connectivity index is 1.38. The van der Waals surface area contributed by atoms with Gasteiger partial charge < -0.3 is 14.7 Å². The molecule has 2 aliphatic heterocycles. The van der Waals surface area contributed by atoms with Gasteiger partial charge >= 0.3 is 0 Å². The summed E-state index contributed by atoms with van der Waals surface area (Å²) in [5, 5.41) is 10.9. The van der Waals surface area contributed by atoms with Crippen LogP contribution in [0.5, 0.6) is 0 Å². The van der Waals surface area contributed by atoms with Gasteiger partial charge in [-0.3, -0.25) is 4.79 Å². The Morgan fingerprint density at radius 3 is 2.56 bits per heavy atom. The van der Waals surface area contributed by atoms with Crippen LogP contribution in [0.25, 0.3) is 5.76 Å². The number of fused-ring (bicyclic) bond motifs is 1. The minimum Gasteiger partial charge on any atom is -0.485 e. The van der Waals surface area contributed by atoms with Crippen molar-refractivity contribution in [3.05, 3.63) is 65.8 Å². The molecule has 0 radical (unpaired) electrons. The fourth-order valence-electron chi connectivity index (χ4n) is 4.14. The number of nitrogens with zero attached hydrogens (tertiary/aromatic N) is 1. The van der Waals surface area contributed by atoms with Crippen molar-refractivity contribution in [2.24, 2.45) is 5.92 Å². The number of hydrogen-bond donors (Lipinski definition) is 1. The van der Waals surface area contributed by atoms with Gasteiger partial charge in [0, 0.05) is 37.4 Å². The number of rotatable bonds is 4. The highest BCUT2D eigenvalue weighted by molar-refractivity contribution is 5.75. The Kier molecular flexibility index (Phi) is 4.92. The summed E-state index contributed by atoms with van der Waals surface area (Å²) >= 11 is 0. The predicted molar refractivity (Wildman–Crippen MR) is 106 cm³/mol. The van der Waals surface area contributed by atoms with Crippen molar-refractivity contribution in [1.82, 2.24) is 4.90 Å². The van der Waals surface area contributed by atoms with Gasteiger partial charge in [-0.2, -0.15) is 0 Å². The first-order valence-electron chi connectivity index (χ1n) is 9.89. The van der Waals surface area contributed by atoms with Crippen LogP contribution < -0.4 is 0 Å². The molecular formula is C23H27NO3. The molecule has 1 aromatic carbocycles. The van der Waals surface area contributed by atoms with Gasteiger partial charge in [0.2, 0.25) is 5.91 Å². The van der Waals surface area contributed by atoms with Crippen LogP contribution in [0.1, 0.15) is 37.3 Å².